The molecule has 2 rings (SSSR count). The molecule has 25 heavy (non-hydrogen) atoms. The second kappa shape index (κ2) is 9.41. The predicted octanol–water partition coefficient (Wildman–Crippen LogP) is 0.148. The Balaban J connectivity index is 1.88. The van der Waals surface area contributed by atoms with Crippen molar-refractivity contribution in [1.82, 2.24) is 10.3 Å². The third kappa shape index (κ3) is 6.04. The van der Waals surface area contributed by atoms with Crippen molar-refractivity contribution in [2.45, 2.75) is 37.8 Å². The Bertz CT molecular complexity index is 575. The molecule has 0 bridgehead atoms. The van der Waals surface area contributed by atoms with Crippen molar-refractivity contribution in [2.75, 3.05) is 13.2 Å². The first-order valence-electron chi connectivity index (χ1n) is 8.63. The molecule has 0 aliphatic heterocycles. The lowest BCUT2D eigenvalue weighted by Gasteiger charge is -2.27. The molecule has 1 aliphatic carbocycles. The summed E-state index contributed by atoms with van der Waals surface area (Å²) in [5.41, 5.74) is 7.39. The minimum Gasteiger partial charge on any atom is -0.397 e. The first-order valence-corrected chi connectivity index (χ1v) is 8.63. The lowest BCUT2D eigenvalue weighted by Crippen LogP contribution is -2.43. The molecule has 1 aliphatic rings. The van der Waals surface area contributed by atoms with E-state index in [2.05, 4.69) is 5.32 Å². The Hall–Kier alpha value is -2.09. The molecule has 1 amide bonds. The molecule has 1 aromatic rings. The number of nitrogens with two attached hydrogens (primary N) is 2. The molecule has 1 aromatic carbocycles. The van der Waals surface area contributed by atoms with E-state index in [0.717, 1.165) is 18.4 Å². The zero-order valence-electron chi connectivity index (χ0n) is 14.3. The molecule has 7 N–H and O–H groups in total. The summed E-state index contributed by atoms with van der Waals surface area (Å²) in [7, 11) is 0. The third-order valence-electron chi connectivity index (χ3n) is 4.39. The number of benzene rings is 1. The smallest absolute Gasteiger partial charge is 0.223 e. The Morgan fingerprint density at radius 2 is 1.92 bits per heavy atom. The van der Waals surface area contributed by atoms with E-state index >= 15 is 0 Å². The normalized spacial score (nSPS) is 17.0. The van der Waals surface area contributed by atoms with Crippen molar-refractivity contribution in [1.29, 1.82) is 0 Å². The Morgan fingerprint density at radius 1 is 1.24 bits per heavy atom. The fourth-order valence-corrected chi connectivity index (χ4v) is 2.57. The van der Waals surface area contributed by atoms with Crippen LogP contribution in [-0.2, 0) is 4.79 Å². The molecule has 7 nitrogen and oxygen atoms in total. The largest absolute Gasteiger partial charge is 0.397 e. The number of amides is 1. The number of aliphatic hydroxyl groups excluding tert-OH is 2. The van der Waals surface area contributed by atoms with Gasteiger partial charge in [-0.05, 0) is 31.2 Å². The average Bonchev–Trinajstić information content (AvgIpc) is 3.47. The van der Waals surface area contributed by atoms with Crippen molar-refractivity contribution in [3.63, 3.8) is 0 Å². The van der Waals surface area contributed by atoms with Gasteiger partial charge in [0.25, 0.3) is 0 Å². The maximum atomic E-state index is 11.8. The van der Waals surface area contributed by atoms with Crippen LogP contribution in [0.1, 0.15) is 31.2 Å². The van der Waals surface area contributed by atoms with Gasteiger partial charge in [0, 0.05) is 12.1 Å². The van der Waals surface area contributed by atoms with Gasteiger partial charge in [-0.15, -0.1) is 0 Å². The summed E-state index contributed by atoms with van der Waals surface area (Å²) in [4.78, 5) is 11.8. The average molecular weight is 348 g/mol. The monoisotopic (exact) mass is 348 g/mol. The number of hydrogen-bond donors (Lipinski definition) is 5. The van der Waals surface area contributed by atoms with Crippen molar-refractivity contribution in [3.8, 4) is 0 Å². The van der Waals surface area contributed by atoms with Gasteiger partial charge in [0.1, 0.15) is 0 Å². The van der Waals surface area contributed by atoms with Gasteiger partial charge in [0.05, 0.1) is 31.0 Å². The van der Waals surface area contributed by atoms with Gasteiger partial charge < -0.3 is 26.3 Å². The van der Waals surface area contributed by atoms with Gasteiger partial charge in [-0.3, -0.25) is 4.79 Å². The van der Waals surface area contributed by atoms with Crippen LogP contribution in [0.4, 0.5) is 0 Å². The van der Waals surface area contributed by atoms with Gasteiger partial charge in [-0.1, -0.05) is 30.3 Å². The summed E-state index contributed by atoms with van der Waals surface area (Å²) in [5.74, 6) is 6.12. The molecule has 7 heteroatoms. The lowest BCUT2D eigenvalue weighted by molar-refractivity contribution is -0.123. The standard InChI is InChI=1S/C18H28N4O3/c19-17(13-4-2-1-3-5-13)10-22(20)16(12-24)9-8-15(11-23)21-18(25)14-6-7-14/h1-5,10,14-16,23-24H,6-9,11-12,19-20H2,(H,21,25)/b17-10-. The second-order valence-corrected chi connectivity index (χ2v) is 6.47. The lowest BCUT2D eigenvalue weighted by atomic mass is 10.1. The summed E-state index contributed by atoms with van der Waals surface area (Å²) in [6.45, 7) is -0.285. The first-order chi connectivity index (χ1) is 12.0. The fourth-order valence-electron chi connectivity index (χ4n) is 2.57. The van der Waals surface area contributed by atoms with Crippen LogP contribution < -0.4 is 16.9 Å². The van der Waals surface area contributed by atoms with Crippen LogP contribution in [0.3, 0.4) is 0 Å². The molecule has 138 valence electrons. The molecule has 0 radical (unpaired) electrons. The van der Waals surface area contributed by atoms with Crippen LogP contribution in [0.15, 0.2) is 36.5 Å². The third-order valence-corrected chi connectivity index (χ3v) is 4.39. The maximum Gasteiger partial charge on any atom is 0.223 e. The van der Waals surface area contributed by atoms with Crippen LogP contribution in [0, 0.1) is 5.92 Å². The molecule has 0 spiro atoms. The van der Waals surface area contributed by atoms with E-state index in [0.29, 0.717) is 18.5 Å². The van der Waals surface area contributed by atoms with Gasteiger partial charge in [0.2, 0.25) is 5.91 Å². The molecule has 0 saturated heterocycles. The molecule has 1 fully saturated rings. The van der Waals surface area contributed by atoms with E-state index < -0.39 is 0 Å². The highest BCUT2D eigenvalue weighted by Crippen LogP contribution is 2.29. The Kier molecular flexibility index (Phi) is 7.24. The van der Waals surface area contributed by atoms with Crippen LogP contribution >= 0.6 is 0 Å². The van der Waals surface area contributed by atoms with E-state index in [-0.39, 0.29) is 37.1 Å². The number of nitrogens with one attached hydrogen (secondary N) is 1. The van der Waals surface area contributed by atoms with Crippen molar-refractivity contribution >= 4 is 11.6 Å². The van der Waals surface area contributed by atoms with E-state index in [4.69, 9.17) is 11.6 Å². The van der Waals surface area contributed by atoms with Crippen molar-refractivity contribution in [2.24, 2.45) is 17.5 Å². The van der Waals surface area contributed by atoms with Gasteiger partial charge in [-0.25, -0.2) is 5.84 Å². The first kappa shape index (κ1) is 19.2. The molecule has 1 saturated carbocycles. The molecular weight excluding hydrogens is 320 g/mol. The molecular formula is C18H28N4O3. The quantitative estimate of drug-likeness (QED) is 0.303. The zero-order valence-corrected chi connectivity index (χ0v) is 14.3. The van der Waals surface area contributed by atoms with Crippen LogP contribution in [0.5, 0.6) is 0 Å². The zero-order chi connectivity index (χ0) is 18.2. The summed E-state index contributed by atoms with van der Waals surface area (Å²) in [6, 6.07) is 8.74. The molecule has 0 aromatic heterocycles. The minimum atomic E-state index is -0.353. The highest BCUT2D eigenvalue weighted by Gasteiger charge is 2.30. The van der Waals surface area contributed by atoms with Gasteiger partial charge in [-0.2, -0.15) is 0 Å². The van der Waals surface area contributed by atoms with Crippen LogP contribution in [-0.4, -0.2) is 46.4 Å². The Morgan fingerprint density at radius 3 is 2.48 bits per heavy atom. The van der Waals surface area contributed by atoms with Gasteiger partial charge in [0.15, 0.2) is 0 Å². The number of hydrogen-bond acceptors (Lipinski definition) is 6. The number of carbonyl (C=O) groups is 1. The SMILES string of the molecule is N/C(=C\N(N)C(CO)CCC(CO)NC(=O)C1CC1)c1ccccc1. The Labute approximate surface area is 148 Å². The van der Waals surface area contributed by atoms with E-state index in [1.54, 1.807) is 6.20 Å². The van der Waals surface area contributed by atoms with Crippen molar-refractivity contribution in [3.05, 3.63) is 42.1 Å². The number of aliphatic hydroxyl groups is 2. The molecule has 2 atom stereocenters. The summed E-state index contributed by atoms with van der Waals surface area (Å²) >= 11 is 0. The number of nitrogens with zero attached hydrogens (tertiary/aromatic N) is 1. The summed E-state index contributed by atoms with van der Waals surface area (Å²) in [5, 5.41) is 23.3. The van der Waals surface area contributed by atoms with Gasteiger partial charge >= 0.3 is 0 Å². The number of rotatable bonds is 10. The maximum absolute atomic E-state index is 11.8. The van der Waals surface area contributed by atoms with E-state index in [1.165, 1.54) is 5.01 Å². The van der Waals surface area contributed by atoms with E-state index in [9.17, 15) is 15.0 Å². The number of carbonyl (C=O) groups excluding carboxylic acids is 1. The predicted molar refractivity (Wildman–Crippen MR) is 96.5 cm³/mol. The highest BCUT2D eigenvalue weighted by molar-refractivity contribution is 5.81. The van der Waals surface area contributed by atoms with Crippen LogP contribution in [0.2, 0.25) is 0 Å². The topological polar surface area (TPSA) is 125 Å². The van der Waals surface area contributed by atoms with Crippen LogP contribution in [0.25, 0.3) is 5.70 Å². The summed E-state index contributed by atoms with van der Waals surface area (Å²) in [6.07, 6.45) is 4.47. The van der Waals surface area contributed by atoms with E-state index in [1.807, 2.05) is 30.3 Å². The second-order valence-electron chi connectivity index (χ2n) is 6.47. The molecule has 2 unspecified atom stereocenters. The summed E-state index contributed by atoms with van der Waals surface area (Å²) < 4.78 is 0. The fraction of sp³-hybridized carbons (Fsp3) is 0.500. The number of hydrazine groups is 1. The highest BCUT2D eigenvalue weighted by atomic mass is 16.3. The molecule has 0 heterocycles. The minimum absolute atomic E-state index is 0.00239. The van der Waals surface area contributed by atoms with Crippen molar-refractivity contribution < 1.29 is 15.0 Å².